The zero-order valence-corrected chi connectivity index (χ0v) is 9.47. The molecule has 1 aliphatic rings. The van der Waals surface area contributed by atoms with Crippen LogP contribution in [0.4, 0.5) is 0 Å². The molecule has 0 spiro atoms. The number of hydrogen-bond donors (Lipinski definition) is 0. The smallest absolute Gasteiger partial charge is 0.211 e. The third-order valence-corrected chi connectivity index (χ3v) is 4.87. The third kappa shape index (κ3) is 2.65. The fourth-order valence-electron chi connectivity index (χ4n) is 0.836. The lowest BCUT2D eigenvalue weighted by molar-refractivity contribution is 0.589. The summed E-state index contributed by atoms with van der Waals surface area (Å²) in [6, 6.07) is 0. The Hall–Kier alpha value is -0.690. The van der Waals surface area contributed by atoms with Crippen molar-refractivity contribution in [3.8, 4) is 0 Å². The van der Waals surface area contributed by atoms with Crippen LogP contribution in [0.5, 0.6) is 0 Å². The van der Waals surface area contributed by atoms with Crippen molar-refractivity contribution in [2.24, 2.45) is 4.99 Å². The van der Waals surface area contributed by atoms with Gasteiger partial charge in [-0.05, 0) is 13.8 Å². The van der Waals surface area contributed by atoms with Crippen LogP contribution in [0.3, 0.4) is 0 Å². The Labute approximate surface area is 83.4 Å². The normalized spacial score (nSPS) is 20.1. The van der Waals surface area contributed by atoms with Crippen LogP contribution in [0, 0.1) is 0 Å². The van der Waals surface area contributed by atoms with Gasteiger partial charge in [0, 0.05) is 0 Å². The maximum Gasteiger partial charge on any atom is 0.211 e. The molecule has 14 heavy (non-hydrogen) atoms. The lowest BCUT2D eigenvalue weighted by Crippen LogP contribution is -2.18. The molecule has 0 unspecified atom stereocenters. The van der Waals surface area contributed by atoms with Crippen LogP contribution in [-0.2, 0) is 19.7 Å². The average molecular weight is 237 g/mol. The summed E-state index contributed by atoms with van der Waals surface area (Å²) in [4.78, 5) is 3.53. The van der Waals surface area contributed by atoms with E-state index in [9.17, 15) is 16.8 Å². The molecule has 5 nitrogen and oxygen atoms in total. The van der Waals surface area contributed by atoms with Crippen LogP contribution in [0.2, 0.25) is 0 Å². The van der Waals surface area contributed by atoms with Gasteiger partial charge in [0.15, 0.2) is 9.84 Å². The van der Waals surface area contributed by atoms with Gasteiger partial charge in [-0.1, -0.05) is 0 Å². The van der Waals surface area contributed by atoms with E-state index < -0.39 is 24.9 Å². The summed E-state index contributed by atoms with van der Waals surface area (Å²) in [5.74, 6) is -0.319. The predicted octanol–water partition coefficient (Wildman–Crippen LogP) is 0.108. The van der Waals surface area contributed by atoms with Crippen molar-refractivity contribution < 1.29 is 16.8 Å². The first-order chi connectivity index (χ1) is 6.23. The first kappa shape index (κ1) is 11.4. The van der Waals surface area contributed by atoms with Gasteiger partial charge in [-0.3, -0.25) is 0 Å². The van der Waals surface area contributed by atoms with Crippen LogP contribution >= 0.6 is 0 Å². The molecule has 0 aromatic carbocycles. The Bertz CT molecular complexity index is 482. The number of rotatable bonds is 3. The lowest BCUT2D eigenvalue weighted by Gasteiger charge is -2.05. The van der Waals surface area contributed by atoms with Crippen molar-refractivity contribution in [1.29, 1.82) is 0 Å². The minimum absolute atomic E-state index is 0.0821. The van der Waals surface area contributed by atoms with E-state index >= 15 is 0 Å². The maximum atomic E-state index is 11.4. The van der Waals surface area contributed by atoms with Crippen LogP contribution in [-0.4, -0.2) is 33.4 Å². The molecule has 0 radical (unpaired) electrons. The molecule has 0 saturated carbocycles. The molecule has 0 aliphatic carbocycles. The first-order valence-corrected chi connectivity index (χ1v) is 7.27. The average Bonchev–Trinajstić information content (AvgIpc) is 2.28. The van der Waals surface area contributed by atoms with Crippen LogP contribution < -0.4 is 0 Å². The minimum Gasteiger partial charge on any atom is -0.247 e. The molecular formula is C7H11NO4S2. The molecule has 0 atom stereocenters. The summed E-state index contributed by atoms with van der Waals surface area (Å²) in [6.45, 7) is 3.09. The van der Waals surface area contributed by atoms with E-state index in [2.05, 4.69) is 4.99 Å². The van der Waals surface area contributed by atoms with E-state index in [1.54, 1.807) is 13.8 Å². The van der Waals surface area contributed by atoms with E-state index in [1.807, 2.05) is 0 Å². The highest BCUT2D eigenvalue weighted by Gasteiger charge is 2.22. The van der Waals surface area contributed by atoms with Crippen molar-refractivity contribution in [1.82, 2.24) is 0 Å². The van der Waals surface area contributed by atoms with Crippen molar-refractivity contribution in [3.05, 3.63) is 11.1 Å². The molecule has 1 heterocycles. The fraction of sp³-hybridized carbons (Fsp3) is 0.571. The molecule has 1 aliphatic heterocycles. The van der Waals surface area contributed by atoms with Gasteiger partial charge in [0.25, 0.3) is 0 Å². The molecule has 0 aromatic rings. The Morgan fingerprint density at radius 1 is 1.43 bits per heavy atom. The molecule has 0 aromatic heterocycles. The summed E-state index contributed by atoms with van der Waals surface area (Å²) >= 11 is 0. The monoisotopic (exact) mass is 237 g/mol. The Morgan fingerprint density at radius 2 is 2.00 bits per heavy atom. The summed E-state index contributed by atoms with van der Waals surface area (Å²) in [7, 11) is -6.69. The van der Waals surface area contributed by atoms with Gasteiger partial charge in [0.05, 0.1) is 22.1 Å². The van der Waals surface area contributed by atoms with Gasteiger partial charge in [0.2, 0.25) is 9.84 Å². The molecular weight excluding hydrogens is 226 g/mol. The summed E-state index contributed by atoms with van der Waals surface area (Å²) < 4.78 is 44.5. The number of nitrogens with zero attached hydrogens (tertiary/aromatic N) is 1. The van der Waals surface area contributed by atoms with Crippen molar-refractivity contribution >= 4 is 25.2 Å². The first-order valence-electron chi connectivity index (χ1n) is 3.94. The number of sulfone groups is 2. The van der Waals surface area contributed by atoms with Crippen LogP contribution in [0.1, 0.15) is 13.8 Å². The summed E-state index contributed by atoms with van der Waals surface area (Å²) in [5.41, 5.74) is 0.844. The highest BCUT2D eigenvalue weighted by atomic mass is 32.2. The van der Waals surface area contributed by atoms with Crippen molar-refractivity contribution in [2.45, 2.75) is 19.1 Å². The molecule has 80 valence electrons. The zero-order valence-electron chi connectivity index (χ0n) is 7.84. The van der Waals surface area contributed by atoms with Crippen LogP contribution in [0.15, 0.2) is 16.1 Å². The largest absolute Gasteiger partial charge is 0.247 e. The van der Waals surface area contributed by atoms with Crippen LogP contribution in [0.25, 0.3) is 0 Å². The summed E-state index contributed by atoms with van der Waals surface area (Å²) in [6.07, 6.45) is 0. The SMILES string of the molecule is CC(C)S(=O)(=O)CC1=CS(=O)(=O)C=N1. The second-order valence-corrected chi connectivity index (χ2v) is 7.47. The van der Waals surface area contributed by atoms with Gasteiger partial charge < -0.3 is 0 Å². The minimum atomic E-state index is -3.41. The highest BCUT2D eigenvalue weighted by molar-refractivity contribution is 8.07. The van der Waals surface area contributed by atoms with Gasteiger partial charge in [-0.15, -0.1) is 0 Å². The molecule has 7 heteroatoms. The molecule has 0 fully saturated rings. The maximum absolute atomic E-state index is 11.4. The topological polar surface area (TPSA) is 80.6 Å². The number of hydrogen-bond acceptors (Lipinski definition) is 5. The standard InChI is InChI=1S/C7H11NO4S2/c1-6(2)14(11,12)4-7-3-13(9,10)5-8-7/h3,5-6H,4H2,1-2H3. The number of aliphatic imine (C=N–C) groups is 1. The Morgan fingerprint density at radius 3 is 2.36 bits per heavy atom. The van der Waals surface area contributed by atoms with Crippen molar-refractivity contribution in [2.75, 3.05) is 5.75 Å². The van der Waals surface area contributed by atoms with E-state index in [4.69, 9.17) is 0 Å². The highest BCUT2D eigenvalue weighted by Crippen LogP contribution is 2.13. The van der Waals surface area contributed by atoms with E-state index in [1.165, 1.54) is 0 Å². The lowest BCUT2D eigenvalue weighted by atomic mass is 10.6. The van der Waals surface area contributed by atoms with E-state index in [0.717, 1.165) is 11.0 Å². The van der Waals surface area contributed by atoms with E-state index in [-0.39, 0.29) is 11.4 Å². The Balaban J connectivity index is 2.90. The summed E-state index contributed by atoms with van der Waals surface area (Å²) in [5, 5.41) is 0.356. The Kier molecular flexibility index (Phi) is 2.82. The van der Waals surface area contributed by atoms with Crippen molar-refractivity contribution in [3.63, 3.8) is 0 Å². The molecule has 0 amide bonds. The fourth-order valence-corrected chi connectivity index (χ4v) is 2.71. The second kappa shape index (κ2) is 3.47. The molecule has 0 N–H and O–H groups in total. The second-order valence-electron chi connectivity index (χ2n) is 3.29. The molecule has 0 saturated heterocycles. The van der Waals surface area contributed by atoms with Gasteiger partial charge in [0.1, 0.15) is 5.55 Å². The van der Waals surface area contributed by atoms with Gasteiger partial charge in [-0.2, -0.15) is 0 Å². The quantitative estimate of drug-likeness (QED) is 0.697. The molecule has 0 bridgehead atoms. The third-order valence-electron chi connectivity index (χ3n) is 1.73. The predicted molar refractivity (Wildman–Crippen MR) is 54.4 cm³/mol. The van der Waals surface area contributed by atoms with E-state index in [0.29, 0.717) is 0 Å². The van der Waals surface area contributed by atoms with Gasteiger partial charge in [-0.25, -0.2) is 21.8 Å². The molecule has 1 rings (SSSR count). The zero-order chi connectivity index (χ0) is 11.0. The van der Waals surface area contributed by atoms with Gasteiger partial charge >= 0.3 is 0 Å².